The molecule has 0 saturated heterocycles. The molecule has 0 saturated carbocycles. The SMILES string of the molecule is CC.COc1ccc(C2(c3ccc(Oc4ccc(S(=O)(=O)c5ccc(C)cc5)cc4)cc3)OC(=O)c3ccccc32)cc1. The first-order valence-electron chi connectivity index (χ1n) is 14.0. The van der Waals surface area contributed by atoms with Crippen LogP contribution in [0.25, 0.3) is 0 Å². The topological polar surface area (TPSA) is 78.9 Å². The Morgan fingerprint density at radius 1 is 0.628 bits per heavy atom. The van der Waals surface area contributed by atoms with Crippen molar-refractivity contribution in [1.82, 2.24) is 0 Å². The lowest BCUT2D eigenvalue weighted by Gasteiger charge is -2.30. The highest BCUT2D eigenvalue weighted by Gasteiger charge is 2.48. The third-order valence-corrected chi connectivity index (χ3v) is 9.02. The molecule has 1 heterocycles. The molecule has 0 fully saturated rings. The summed E-state index contributed by atoms with van der Waals surface area (Å²) in [6, 6.07) is 35.3. The standard InChI is InChI=1S/C34H26O6S.C2H6/c1-23-7-19-29(20-8-23)41(36,37)30-21-17-28(18-22-30)39-27-15-11-25(12-16-27)34(24-9-13-26(38-2)14-10-24)32-6-4-3-5-31(32)33(35)40-34;1-2/h3-22H,1-2H3;1-2H3. The van der Waals surface area contributed by atoms with E-state index in [-0.39, 0.29) is 9.79 Å². The van der Waals surface area contributed by atoms with E-state index in [0.29, 0.717) is 22.8 Å². The Balaban J connectivity index is 0.00000180. The lowest BCUT2D eigenvalue weighted by atomic mass is 9.80. The molecule has 0 radical (unpaired) electrons. The van der Waals surface area contributed by atoms with Crippen LogP contribution in [0.2, 0.25) is 0 Å². The number of aryl methyl sites for hydroxylation is 1. The van der Waals surface area contributed by atoms with Crippen molar-refractivity contribution >= 4 is 15.8 Å². The van der Waals surface area contributed by atoms with Gasteiger partial charge in [0.1, 0.15) is 17.2 Å². The summed E-state index contributed by atoms with van der Waals surface area (Å²) < 4.78 is 43.5. The number of sulfone groups is 1. The number of fused-ring (bicyclic) bond motifs is 1. The van der Waals surface area contributed by atoms with Crippen molar-refractivity contribution in [3.63, 3.8) is 0 Å². The van der Waals surface area contributed by atoms with Gasteiger partial charge in [0.15, 0.2) is 5.60 Å². The van der Waals surface area contributed by atoms with E-state index in [1.54, 1.807) is 61.7 Å². The Bertz CT molecular complexity index is 1830. The Morgan fingerprint density at radius 3 is 1.63 bits per heavy atom. The number of carbonyl (C=O) groups excluding carboxylic acids is 1. The van der Waals surface area contributed by atoms with Crippen LogP contribution >= 0.6 is 0 Å². The second-order valence-corrected chi connectivity index (χ2v) is 11.7. The zero-order chi connectivity index (χ0) is 30.6. The molecule has 5 aromatic rings. The summed E-state index contributed by atoms with van der Waals surface area (Å²) in [6.45, 7) is 5.91. The number of methoxy groups -OCH3 is 1. The van der Waals surface area contributed by atoms with Crippen LogP contribution in [0.4, 0.5) is 0 Å². The molecule has 6 rings (SSSR count). The molecule has 1 aliphatic heterocycles. The van der Waals surface area contributed by atoms with Crippen molar-refractivity contribution in [3.8, 4) is 17.2 Å². The third-order valence-electron chi connectivity index (χ3n) is 7.23. The molecule has 218 valence electrons. The number of carbonyl (C=O) groups is 1. The number of hydrogen-bond donors (Lipinski definition) is 0. The molecule has 0 amide bonds. The van der Waals surface area contributed by atoms with Gasteiger partial charge in [-0.15, -0.1) is 0 Å². The van der Waals surface area contributed by atoms with Crippen LogP contribution in [-0.4, -0.2) is 21.5 Å². The third kappa shape index (κ3) is 5.51. The summed E-state index contributed by atoms with van der Waals surface area (Å²) in [5.74, 6) is 1.34. The van der Waals surface area contributed by atoms with E-state index < -0.39 is 21.4 Å². The molecule has 0 aliphatic carbocycles. The van der Waals surface area contributed by atoms with Gasteiger partial charge in [0, 0.05) is 16.7 Å². The monoisotopic (exact) mass is 592 g/mol. The highest BCUT2D eigenvalue weighted by Crippen LogP contribution is 2.47. The van der Waals surface area contributed by atoms with Crippen molar-refractivity contribution in [2.75, 3.05) is 7.11 Å². The maximum Gasteiger partial charge on any atom is 0.340 e. The van der Waals surface area contributed by atoms with Gasteiger partial charge in [-0.2, -0.15) is 0 Å². The predicted octanol–water partition coefficient (Wildman–Crippen LogP) is 8.12. The number of hydrogen-bond acceptors (Lipinski definition) is 6. The van der Waals surface area contributed by atoms with Crippen LogP contribution < -0.4 is 9.47 Å². The average molecular weight is 593 g/mol. The lowest BCUT2D eigenvalue weighted by molar-refractivity contribution is 0.0251. The summed E-state index contributed by atoms with van der Waals surface area (Å²) in [7, 11) is -2.03. The van der Waals surface area contributed by atoms with E-state index in [9.17, 15) is 13.2 Å². The van der Waals surface area contributed by atoms with Crippen molar-refractivity contribution < 1.29 is 27.4 Å². The highest BCUT2D eigenvalue weighted by molar-refractivity contribution is 7.91. The number of benzene rings is 5. The summed E-state index contributed by atoms with van der Waals surface area (Å²) in [6.07, 6.45) is 0. The fourth-order valence-corrected chi connectivity index (χ4v) is 6.33. The largest absolute Gasteiger partial charge is 0.497 e. The quantitative estimate of drug-likeness (QED) is 0.178. The van der Waals surface area contributed by atoms with Gasteiger partial charge < -0.3 is 14.2 Å². The van der Waals surface area contributed by atoms with Gasteiger partial charge in [0.05, 0.1) is 22.5 Å². The number of ether oxygens (including phenoxy) is 3. The fourth-order valence-electron chi connectivity index (χ4n) is 5.07. The number of rotatable bonds is 7. The zero-order valence-corrected chi connectivity index (χ0v) is 25.2. The normalized spacial score (nSPS) is 15.5. The second-order valence-electron chi connectivity index (χ2n) is 9.76. The molecule has 1 unspecified atom stereocenters. The first kappa shape index (κ1) is 29.6. The van der Waals surface area contributed by atoms with E-state index in [0.717, 1.165) is 22.3 Å². The molecule has 0 spiro atoms. The molecule has 1 atom stereocenters. The second kappa shape index (κ2) is 12.2. The minimum atomic E-state index is -3.63. The van der Waals surface area contributed by atoms with Gasteiger partial charge in [0.2, 0.25) is 9.84 Å². The van der Waals surface area contributed by atoms with Crippen molar-refractivity contribution in [2.24, 2.45) is 0 Å². The van der Waals surface area contributed by atoms with Crippen molar-refractivity contribution in [2.45, 2.75) is 36.2 Å². The summed E-state index contributed by atoms with van der Waals surface area (Å²) in [4.78, 5) is 13.4. The molecule has 0 bridgehead atoms. The summed E-state index contributed by atoms with van der Waals surface area (Å²) in [5.41, 5.74) is 2.68. The molecule has 0 aromatic heterocycles. The smallest absolute Gasteiger partial charge is 0.340 e. The minimum absolute atomic E-state index is 0.187. The predicted molar refractivity (Wildman–Crippen MR) is 166 cm³/mol. The van der Waals surface area contributed by atoms with Gasteiger partial charge in [-0.1, -0.05) is 74.0 Å². The minimum Gasteiger partial charge on any atom is -0.497 e. The Kier molecular flexibility index (Phi) is 8.37. The van der Waals surface area contributed by atoms with Crippen LogP contribution in [-0.2, 0) is 20.2 Å². The van der Waals surface area contributed by atoms with Gasteiger partial charge in [-0.05, 0) is 73.7 Å². The molecule has 5 aromatic carbocycles. The summed E-state index contributed by atoms with van der Waals surface area (Å²) in [5, 5.41) is 0. The molecule has 6 nitrogen and oxygen atoms in total. The number of esters is 1. The highest BCUT2D eigenvalue weighted by atomic mass is 32.2. The van der Waals surface area contributed by atoms with Crippen LogP contribution in [0.15, 0.2) is 131 Å². The van der Waals surface area contributed by atoms with Crippen LogP contribution in [0.1, 0.15) is 46.5 Å². The van der Waals surface area contributed by atoms with E-state index in [2.05, 4.69) is 0 Å². The first-order valence-corrected chi connectivity index (χ1v) is 15.5. The Hall–Kier alpha value is -4.88. The van der Waals surface area contributed by atoms with E-state index in [4.69, 9.17) is 14.2 Å². The Morgan fingerprint density at radius 2 is 1.09 bits per heavy atom. The van der Waals surface area contributed by atoms with Crippen LogP contribution in [0.5, 0.6) is 17.2 Å². The van der Waals surface area contributed by atoms with Crippen LogP contribution in [0, 0.1) is 6.92 Å². The first-order chi connectivity index (χ1) is 20.8. The zero-order valence-electron chi connectivity index (χ0n) is 24.4. The molecule has 43 heavy (non-hydrogen) atoms. The maximum absolute atomic E-state index is 13.0. The van der Waals surface area contributed by atoms with Gasteiger partial charge in [-0.25, -0.2) is 13.2 Å². The molecular weight excluding hydrogens is 560 g/mol. The van der Waals surface area contributed by atoms with Gasteiger partial charge in [-0.3, -0.25) is 0 Å². The average Bonchev–Trinajstić information content (AvgIpc) is 3.36. The van der Waals surface area contributed by atoms with Crippen molar-refractivity contribution in [3.05, 3.63) is 149 Å². The molecule has 0 N–H and O–H groups in total. The van der Waals surface area contributed by atoms with Gasteiger partial charge in [0.25, 0.3) is 0 Å². The fraction of sp³-hybridized carbons (Fsp3) is 0.139. The maximum atomic E-state index is 13.0. The number of cyclic esters (lactones) is 1. The molecule has 7 heteroatoms. The van der Waals surface area contributed by atoms with Crippen molar-refractivity contribution in [1.29, 1.82) is 0 Å². The lowest BCUT2D eigenvalue weighted by Crippen LogP contribution is -2.29. The van der Waals surface area contributed by atoms with E-state index in [1.807, 2.05) is 75.4 Å². The van der Waals surface area contributed by atoms with Gasteiger partial charge >= 0.3 is 5.97 Å². The summed E-state index contributed by atoms with van der Waals surface area (Å²) >= 11 is 0. The molecular formula is C36H32O6S. The van der Waals surface area contributed by atoms with E-state index in [1.165, 1.54) is 12.1 Å². The van der Waals surface area contributed by atoms with Crippen LogP contribution in [0.3, 0.4) is 0 Å². The Labute approximate surface area is 252 Å². The molecule has 1 aliphatic rings. The van der Waals surface area contributed by atoms with E-state index >= 15 is 0 Å².